The summed E-state index contributed by atoms with van der Waals surface area (Å²) < 4.78 is 2.49. The molecule has 1 heterocycles. The number of allylic oxidation sites excluding steroid dienone is 7. The zero-order valence-electron chi connectivity index (χ0n) is 19.2. The Morgan fingerprint density at radius 2 is 1.70 bits per heavy atom. The van der Waals surface area contributed by atoms with Crippen molar-refractivity contribution in [3.63, 3.8) is 0 Å². The summed E-state index contributed by atoms with van der Waals surface area (Å²) in [5.74, 6) is 0. The molecule has 2 aliphatic carbocycles. The lowest BCUT2D eigenvalue weighted by Gasteiger charge is -2.26. The molecular formula is C31H30N2. The van der Waals surface area contributed by atoms with E-state index >= 15 is 0 Å². The second-order valence-corrected chi connectivity index (χ2v) is 8.55. The molecule has 2 aromatic carbocycles. The predicted molar refractivity (Wildman–Crippen MR) is 142 cm³/mol. The molecule has 5 rings (SSSR count). The second-order valence-electron chi connectivity index (χ2n) is 8.55. The first kappa shape index (κ1) is 21.1. The third-order valence-electron chi connectivity index (χ3n) is 6.46. The molecule has 0 fully saturated rings. The lowest BCUT2D eigenvalue weighted by atomic mass is 9.87. The van der Waals surface area contributed by atoms with Gasteiger partial charge in [0.2, 0.25) is 0 Å². The summed E-state index contributed by atoms with van der Waals surface area (Å²) in [5, 5.41) is 3.80. The Kier molecular flexibility index (Phi) is 5.99. The minimum Gasteiger partial charge on any atom is -0.354 e. The molecule has 1 N–H and O–H groups in total. The molecule has 0 aliphatic heterocycles. The van der Waals surface area contributed by atoms with E-state index < -0.39 is 0 Å². The topological polar surface area (TPSA) is 17.0 Å². The minimum atomic E-state index is 0.972. The summed E-state index contributed by atoms with van der Waals surface area (Å²) in [5.41, 5.74) is 11.4. The number of anilines is 1. The van der Waals surface area contributed by atoms with Crippen LogP contribution in [0.25, 0.3) is 17.5 Å². The molecule has 33 heavy (non-hydrogen) atoms. The number of nitrogens with one attached hydrogen (secondary N) is 1. The van der Waals surface area contributed by atoms with Crippen LogP contribution >= 0.6 is 0 Å². The van der Waals surface area contributed by atoms with Gasteiger partial charge in [0.15, 0.2) is 0 Å². The quantitative estimate of drug-likeness (QED) is 0.393. The Morgan fingerprint density at radius 1 is 0.939 bits per heavy atom. The zero-order valence-corrected chi connectivity index (χ0v) is 19.2. The summed E-state index contributed by atoms with van der Waals surface area (Å²) in [6.45, 7) is 6.49. The highest BCUT2D eigenvalue weighted by Gasteiger charge is 2.30. The fraction of sp³-hybridized carbons (Fsp3) is 0.161. The number of hydrogen-bond acceptors (Lipinski definition) is 1. The van der Waals surface area contributed by atoms with Crippen LogP contribution in [0.1, 0.15) is 42.3 Å². The molecule has 0 bridgehead atoms. The van der Waals surface area contributed by atoms with E-state index in [1.54, 1.807) is 0 Å². The van der Waals surface area contributed by atoms with Gasteiger partial charge in [-0.05, 0) is 79.1 Å². The molecule has 2 heteroatoms. The van der Waals surface area contributed by atoms with Crippen molar-refractivity contribution in [2.75, 3.05) is 5.32 Å². The van der Waals surface area contributed by atoms with Crippen molar-refractivity contribution in [2.45, 2.75) is 32.6 Å². The maximum Gasteiger partial charge on any atom is 0.0736 e. The van der Waals surface area contributed by atoms with Crippen LogP contribution in [-0.2, 0) is 12.8 Å². The second kappa shape index (κ2) is 9.38. The first-order valence-corrected chi connectivity index (χ1v) is 11.8. The summed E-state index contributed by atoms with van der Waals surface area (Å²) >= 11 is 0. The number of nitrogens with zero attached hydrogens (tertiary/aromatic N) is 1. The molecule has 3 aromatic rings. The van der Waals surface area contributed by atoms with Gasteiger partial charge < -0.3 is 9.88 Å². The van der Waals surface area contributed by atoms with Crippen LogP contribution in [0, 0.1) is 0 Å². The van der Waals surface area contributed by atoms with Crippen molar-refractivity contribution in [3.05, 3.63) is 131 Å². The highest BCUT2D eigenvalue weighted by molar-refractivity contribution is 5.87. The van der Waals surface area contributed by atoms with Gasteiger partial charge in [-0.25, -0.2) is 0 Å². The zero-order chi connectivity index (χ0) is 22.6. The lowest BCUT2D eigenvalue weighted by molar-refractivity contribution is 0.860. The summed E-state index contributed by atoms with van der Waals surface area (Å²) in [7, 11) is 0. The van der Waals surface area contributed by atoms with Crippen LogP contribution in [-0.4, -0.2) is 4.57 Å². The number of para-hydroxylation sites is 2. The third kappa shape index (κ3) is 4.05. The highest BCUT2D eigenvalue weighted by Crippen LogP contribution is 2.43. The Labute approximate surface area is 197 Å². The van der Waals surface area contributed by atoms with Gasteiger partial charge in [0.05, 0.1) is 11.4 Å². The van der Waals surface area contributed by atoms with E-state index in [-0.39, 0.29) is 0 Å². The Balaban J connectivity index is 1.75. The van der Waals surface area contributed by atoms with Gasteiger partial charge in [0, 0.05) is 17.1 Å². The Hall–Kier alpha value is -3.78. The van der Waals surface area contributed by atoms with E-state index in [4.69, 9.17) is 0 Å². The number of fused-ring (bicyclic) bond motifs is 3. The maximum absolute atomic E-state index is 4.46. The van der Waals surface area contributed by atoms with Gasteiger partial charge in [-0.1, -0.05) is 79.4 Å². The van der Waals surface area contributed by atoms with Crippen LogP contribution in [0.2, 0.25) is 0 Å². The van der Waals surface area contributed by atoms with Gasteiger partial charge in [-0.2, -0.15) is 0 Å². The van der Waals surface area contributed by atoms with Crippen molar-refractivity contribution in [1.29, 1.82) is 0 Å². The van der Waals surface area contributed by atoms with Gasteiger partial charge in [0.1, 0.15) is 0 Å². The number of benzene rings is 2. The van der Waals surface area contributed by atoms with Crippen LogP contribution in [0.5, 0.6) is 0 Å². The molecule has 0 saturated heterocycles. The SMILES string of the molecule is C=C(/C=C\C=C/C)C1=C(Nc2ccccc2)c2c(c3c(n2-c2ccccc2)CCC=C3)CC1. The molecular weight excluding hydrogens is 400 g/mol. The van der Waals surface area contributed by atoms with Gasteiger partial charge in [-0.15, -0.1) is 0 Å². The molecule has 0 unspecified atom stereocenters. The van der Waals surface area contributed by atoms with Crippen molar-refractivity contribution in [1.82, 2.24) is 4.57 Å². The van der Waals surface area contributed by atoms with Crippen LogP contribution in [0.3, 0.4) is 0 Å². The summed E-state index contributed by atoms with van der Waals surface area (Å²) in [6.07, 6.45) is 17.1. The highest BCUT2D eigenvalue weighted by atomic mass is 15.1. The van der Waals surface area contributed by atoms with E-state index in [0.717, 1.165) is 36.9 Å². The van der Waals surface area contributed by atoms with Crippen LogP contribution in [0.4, 0.5) is 5.69 Å². The van der Waals surface area contributed by atoms with E-state index in [1.807, 2.05) is 13.0 Å². The standard InChI is InChI=1S/C31H30N2/c1-3-4-7-14-23(2)26-21-22-28-27-19-12-13-20-29(27)33(25-17-10-6-11-18-25)31(28)30(26)32-24-15-8-5-9-16-24/h3-12,14-19,32H,2,13,20-22H2,1H3/b4-3-,14-7-. The maximum atomic E-state index is 4.46. The summed E-state index contributed by atoms with van der Waals surface area (Å²) in [4.78, 5) is 0. The average Bonchev–Trinajstić information content (AvgIpc) is 3.20. The largest absolute Gasteiger partial charge is 0.354 e. The molecule has 0 spiro atoms. The van der Waals surface area contributed by atoms with Gasteiger partial charge in [-0.3, -0.25) is 0 Å². The number of rotatable bonds is 6. The molecule has 1 aromatic heterocycles. The fourth-order valence-electron chi connectivity index (χ4n) is 4.96. The normalized spacial score (nSPS) is 15.2. The fourth-order valence-corrected chi connectivity index (χ4v) is 4.96. The average molecular weight is 431 g/mol. The van der Waals surface area contributed by atoms with Crippen molar-refractivity contribution < 1.29 is 0 Å². The van der Waals surface area contributed by atoms with E-state index in [9.17, 15) is 0 Å². The number of aromatic nitrogens is 1. The lowest BCUT2D eigenvalue weighted by Crippen LogP contribution is -2.15. The first-order chi connectivity index (χ1) is 16.3. The summed E-state index contributed by atoms with van der Waals surface area (Å²) in [6, 6.07) is 21.3. The molecule has 0 saturated carbocycles. The van der Waals surface area contributed by atoms with E-state index in [0.29, 0.717) is 0 Å². The van der Waals surface area contributed by atoms with Gasteiger partial charge in [0.25, 0.3) is 0 Å². The van der Waals surface area contributed by atoms with E-state index in [2.05, 4.69) is 108 Å². The molecule has 2 nitrogen and oxygen atoms in total. The minimum absolute atomic E-state index is 0.972. The van der Waals surface area contributed by atoms with Crippen molar-refractivity contribution in [3.8, 4) is 5.69 Å². The number of hydrogen-bond donors (Lipinski definition) is 1. The van der Waals surface area contributed by atoms with Crippen molar-refractivity contribution in [2.24, 2.45) is 0 Å². The van der Waals surface area contributed by atoms with Crippen LogP contribution < -0.4 is 5.32 Å². The Bertz CT molecular complexity index is 1280. The van der Waals surface area contributed by atoms with Crippen molar-refractivity contribution >= 4 is 17.5 Å². The van der Waals surface area contributed by atoms with Crippen LogP contribution in [0.15, 0.2) is 109 Å². The smallest absolute Gasteiger partial charge is 0.0736 e. The van der Waals surface area contributed by atoms with Gasteiger partial charge >= 0.3 is 0 Å². The molecule has 0 radical (unpaired) electrons. The Morgan fingerprint density at radius 3 is 2.45 bits per heavy atom. The molecule has 0 amide bonds. The molecule has 2 aliphatic rings. The third-order valence-corrected chi connectivity index (χ3v) is 6.46. The van der Waals surface area contributed by atoms with E-state index in [1.165, 1.54) is 39.5 Å². The molecule has 0 atom stereocenters. The monoisotopic (exact) mass is 430 g/mol. The predicted octanol–water partition coefficient (Wildman–Crippen LogP) is 7.89. The first-order valence-electron chi connectivity index (χ1n) is 11.8. The molecule has 164 valence electrons.